The minimum absolute atomic E-state index is 0.659. The van der Waals surface area contributed by atoms with Gasteiger partial charge < -0.3 is 15.6 Å². The van der Waals surface area contributed by atoms with Crippen molar-refractivity contribution >= 4 is 33.5 Å². The first-order chi connectivity index (χ1) is 20.0. The number of pyridine rings is 1. The molecule has 8 heteroatoms. The van der Waals surface area contributed by atoms with Gasteiger partial charge in [0.25, 0.3) is 0 Å². The Labute approximate surface area is 245 Å². The summed E-state index contributed by atoms with van der Waals surface area (Å²) in [5, 5.41) is 18.8. The highest BCUT2D eigenvalue weighted by molar-refractivity contribution is 7.08. The fraction of sp³-hybridized carbons (Fsp3) is 0.242. The Bertz CT molecular complexity index is 1640. The van der Waals surface area contributed by atoms with Gasteiger partial charge in [0.05, 0.1) is 16.9 Å². The van der Waals surface area contributed by atoms with E-state index in [4.69, 9.17) is 9.97 Å². The van der Waals surface area contributed by atoms with Crippen molar-refractivity contribution in [1.29, 1.82) is 0 Å². The largest absolute Gasteiger partial charge is 0.359 e. The van der Waals surface area contributed by atoms with E-state index >= 15 is 0 Å². The smallest absolute Gasteiger partial charge is 0.161 e. The number of nitrogens with zero attached hydrogens (tertiary/aromatic N) is 3. The molecule has 0 bridgehead atoms. The van der Waals surface area contributed by atoms with Crippen molar-refractivity contribution < 1.29 is 0 Å². The van der Waals surface area contributed by atoms with E-state index in [2.05, 4.69) is 74.5 Å². The summed E-state index contributed by atoms with van der Waals surface area (Å²) in [4.78, 5) is 13.4. The van der Waals surface area contributed by atoms with Crippen LogP contribution in [0, 0.1) is 12.8 Å². The molecule has 0 saturated carbocycles. The molecule has 1 aliphatic heterocycles. The molecule has 0 unspecified atom stereocenters. The van der Waals surface area contributed by atoms with Crippen LogP contribution in [0.2, 0.25) is 0 Å². The van der Waals surface area contributed by atoms with Crippen LogP contribution in [0.25, 0.3) is 33.7 Å². The third kappa shape index (κ3) is 6.39. The first kappa shape index (κ1) is 28.3. The number of hydrogen-bond donors (Lipinski definition) is 4. The van der Waals surface area contributed by atoms with Gasteiger partial charge in [0.1, 0.15) is 5.52 Å². The van der Waals surface area contributed by atoms with Crippen molar-refractivity contribution in [3.63, 3.8) is 0 Å². The van der Waals surface area contributed by atoms with Gasteiger partial charge in [0.2, 0.25) is 0 Å². The van der Waals surface area contributed by atoms with Crippen LogP contribution in [0.4, 0.5) is 0 Å². The first-order valence-corrected chi connectivity index (χ1v) is 14.9. The zero-order valence-electron chi connectivity index (χ0n) is 23.8. The number of aromatic amines is 2. The van der Waals surface area contributed by atoms with E-state index < -0.39 is 0 Å². The van der Waals surface area contributed by atoms with Gasteiger partial charge in [-0.3, -0.25) is 5.10 Å². The van der Waals surface area contributed by atoms with Crippen molar-refractivity contribution in [2.45, 2.75) is 33.1 Å². The molecule has 7 nitrogen and oxygen atoms in total. The SMILES string of the molecule is C=C/C=C(/c1ccsc1)c1nc(-c2n[nH]c3ccc(C(/C=C(\C=C)NC(=C)CC4CCNCC4)=C/C)nc23)[nH]c1C. The number of imidazole rings is 1. The van der Waals surface area contributed by atoms with Gasteiger partial charge in [-0.15, -0.1) is 0 Å². The number of aromatic nitrogens is 5. The number of aryl methyl sites for hydroxylation is 1. The molecule has 0 amide bonds. The van der Waals surface area contributed by atoms with Gasteiger partial charge in [-0.25, -0.2) is 9.97 Å². The molecule has 41 heavy (non-hydrogen) atoms. The van der Waals surface area contributed by atoms with Gasteiger partial charge in [-0.05, 0) is 104 Å². The van der Waals surface area contributed by atoms with Crippen molar-refractivity contribution in [2.24, 2.45) is 5.92 Å². The molecule has 1 fully saturated rings. The zero-order chi connectivity index (χ0) is 28.8. The van der Waals surface area contributed by atoms with Crippen LogP contribution in [-0.4, -0.2) is 38.2 Å². The van der Waals surface area contributed by atoms with Crippen molar-refractivity contribution in [1.82, 2.24) is 35.8 Å². The molecule has 4 aromatic heterocycles. The molecule has 1 aliphatic rings. The standard InChI is InChI=1S/C33H37N7S/c1-6-9-27(25-14-17-41-20-25)30-22(5)36-33(38-30)32-31-29(39-40-32)11-10-28(37-31)24(7-2)19-26(8-3)35-21(4)18-23-12-15-34-16-13-23/h6-11,14,17,19-20,23,34-35H,1,3-4,12-13,15-16,18H2,2,5H3,(H,36,38)(H,39,40)/b24-7+,26-19+,27-9-. The van der Waals surface area contributed by atoms with E-state index in [1.54, 1.807) is 17.4 Å². The quantitative estimate of drug-likeness (QED) is 0.144. The number of rotatable bonds is 11. The van der Waals surface area contributed by atoms with E-state index in [9.17, 15) is 0 Å². The highest BCUT2D eigenvalue weighted by Gasteiger charge is 2.19. The lowest BCUT2D eigenvalue weighted by Crippen LogP contribution is -2.28. The summed E-state index contributed by atoms with van der Waals surface area (Å²) in [5.74, 6) is 1.32. The maximum absolute atomic E-state index is 5.03. The molecule has 4 N–H and O–H groups in total. The summed E-state index contributed by atoms with van der Waals surface area (Å²) >= 11 is 1.66. The fourth-order valence-electron chi connectivity index (χ4n) is 5.22. The number of hydrogen-bond acceptors (Lipinski definition) is 6. The number of fused-ring (bicyclic) bond motifs is 1. The minimum Gasteiger partial charge on any atom is -0.359 e. The van der Waals surface area contributed by atoms with Crippen LogP contribution in [0.3, 0.4) is 0 Å². The van der Waals surface area contributed by atoms with Gasteiger partial charge in [0, 0.05) is 22.7 Å². The van der Waals surface area contributed by atoms with Crippen LogP contribution in [0.1, 0.15) is 48.8 Å². The third-order valence-electron chi connectivity index (χ3n) is 7.34. The number of piperidine rings is 1. The molecule has 210 valence electrons. The second-order valence-corrected chi connectivity index (χ2v) is 11.0. The Kier molecular flexibility index (Phi) is 8.91. The number of allylic oxidation sites excluding steroid dienone is 7. The van der Waals surface area contributed by atoms with Gasteiger partial charge in [-0.1, -0.05) is 38.0 Å². The summed E-state index contributed by atoms with van der Waals surface area (Å²) in [6.45, 7) is 18.4. The lowest BCUT2D eigenvalue weighted by atomic mass is 9.93. The maximum Gasteiger partial charge on any atom is 0.161 e. The molecular weight excluding hydrogens is 526 g/mol. The Morgan fingerprint density at radius 3 is 2.71 bits per heavy atom. The molecule has 4 aromatic rings. The van der Waals surface area contributed by atoms with E-state index in [-0.39, 0.29) is 0 Å². The van der Waals surface area contributed by atoms with Crippen LogP contribution in [0.15, 0.2) is 90.5 Å². The van der Waals surface area contributed by atoms with Crippen molar-refractivity contribution in [3.05, 3.63) is 113 Å². The molecule has 1 saturated heterocycles. The minimum atomic E-state index is 0.659. The fourth-order valence-corrected chi connectivity index (χ4v) is 5.87. The van der Waals surface area contributed by atoms with Gasteiger partial charge >= 0.3 is 0 Å². The molecule has 0 radical (unpaired) electrons. The van der Waals surface area contributed by atoms with Crippen LogP contribution in [0.5, 0.6) is 0 Å². The highest BCUT2D eigenvalue weighted by atomic mass is 32.1. The number of nitrogens with one attached hydrogen (secondary N) is 4. The van der Waals surface area contributed by atoms with E-state index in [0.29, 0.717) is 17.4 Å². The molecule has 0 aromatic carbocycles. The average molecular weight is 564 g/mol. The Morgan fingerprint density at radius 2 is 2.00 bits per heavy atom. The van der Waals surface area contributed by atoms with Gasteiger partial charge in [-0.2, -0.15) is 16.4 Å². The topological polar surface area (TPSA) is 94.3 Å². The zero-order valence-corrected chi connectivity index (χ0v) is 24.6. The molecule has 0 atom stereocenters. The Morgan fingerprint density at radius 1 is 1.17 bits per heavy atom. The molecule has 5 heterocycles. The molecule has 5 rings (SSSR count). The Balaban J connectivity index is 1.42. The summed E-state index contributed by atoms with van der Waals surface area (Å²) in [6.07, 6.45) is 13.1. The van der Waals surface area contributed by atoms with E-state index in [1.165, 1.54) is 12.8 Å². The monoisotopic (exact) mass is 563 g/mol. The number of thiophene rings is 1. The van der Waals surface area contributed by atoms with E-state index in [0.717, 1.165) is 75.7 Å². The predicted octanol–water partition coefficient (Wildman–Crippen LogP) is 7.30. The maximum atomic E-state index is 5.03. The molecule has 0 aliphatic carbocycles. The summed E-state index contributed by atoms with van der Waals surface area (Å²) in [7, 11) is 0. The molecule has 0 spiro atoms. The summed E-state index contributed by atoms with van der Waals surface area (Å²) < 4.78 is 0. The number of H-pyrrole nitrogens is 2. The van der Waals surface area contributed by atoms with Gasteiger partial charge in [0.15, 0.2) is 11.5 Å². The summed E-state index contributed by atoms with van der Waals surface area (Å²) in [5.41, 5.74) is 9.94. The van der Waals surface area contributed by atoms with E-state index in [1.807, 2.05) is 38.1 Å². The normalized spacial score (nSPS) is 15.3. The van der Waals surface area contributed by atoms with Crippen LogP contribution >= 0.6 is 11.3 Å². The second kappa shape index (κ2) is 12.9. The van der Waals surface area contributed by atoms with Crippen LogP contribution in [-0.2, 0) is 0 Å². The lowest BCUT2D eigenvalue weighted by Gasteiger charge is -2.24. The van der Waals surface area contributed by atoms with Crippen molar-refractivity contribution in [2.75, 3.05) is 13.1 Å². The van der Waals surface area contributed by atoms with Crippen molar-refractivity contribution in [3.8, 4) is 11.5 Å². The Hall–Kier alpha value is -4.27. The summed E-state index contributed by atoms with van der Waals surface area (Å²) in [6, 6.07) is 6.10. The highest BCUT2D eigenvalue weighted by Crippen LogP contribution is 2.31. The third-order valence-corrected chi connectivity index (χ3v) is 8.02. The second-order valence-electron chi connectivity index (χ2n) is 10.2. The average Bonchev–Trinajstić information content (AvgIpc) is 3.74. The molecular formula is C33H37N7S. The predicted molar refractivity (Wildman–Crippen MR) is 172 cm³/mol. The first-order valence-electron chi connectivity index (χ1n) is 13.9. The lowest BCUT2D eigenvalue weighted by molar-refractivity contribution is 0.368. The van der Waals surface area contributed by atoms with Crippen LogP contribution < -0.4 is 10.6 Å².